The molecular weight excluding hydrogens is 346 g/mol. The fourth-order valence-electron chi connectivity index (χ4n) is 2.97. The topological polar surface area (TPSA) is 105 Å². The lowest BCUT2D eigenvalue weighted by molar-refractivity contribution is -0.113. The predicted octanol–water partition coefficient (Wildman–Crippen LogP) is 2.12. The van der Waals surface area contributed by atoms with Crippen molar-refractivity contribution in [3.63, 3.8) is 0 Å². The van der Waals surface area contributed by atoms with E-state index in [-0.39, 0.29) is 6.09 Å². The number of fused-ring (bicyclic) bond motifs is 1. The van der Waals surface area contributed by atoms with Crippen LogP contribution in [0, 0.1) is 0 Å². The van der Waals surface area contributed by atoms with E-state index >= 15 is 0 Å². The number of anilines is 1. The Kier molecular flexibility index (Phi) is 5.07. The minimum Gasteiger partial charge on any atom is -0.444 e. The zero-order chi connectivity index (χ0) is 19.6. The molecule has 3 rings (SSSR count). The van der Waals surface area contributed by atoms with E-state index in [2.05, 4.69) is 14.9 Å². The lowest BCUT2D eigenvalue weighted by atomic mass is 10.2. The molecule has 0 aromatic carbocycles. The molecular formula is C19H25N5O3. The molecule has 3 N–H and O–H groups in total. The maximum Gasteiger partial charge on any atom is 0.410 e. The summed E-state index contributed by atoms with van der Waals surface area (Å²) in [6.07, 6.45) is 6.33. The lowest BCUT2D eigenvalue weighted by Gasteiger charge is -2.36. The molecule has 0 spiro atoms. The summed E-state index contributed by atoms with van der Waals surface area (Å²) in [4.78, 5) is 34.6. The molecule has 27 heavy (non-hydrogen) atoms. The number of nitrogens with one attached hydrogen (secondary N) is 1. The monoisotopic (exact) mass is 371 g/mol. The zero-order valence-corrected chi connectivity index (χ0v) is 15.9. The molecule has 8 heteroatoms. The van der Waals surface area contributed by atoms with Crippen molar-refractivity contribution in [2.24, 2.45) is 5.73 Å². The van der Waals surface area contributed by atoms with Crippen LogP contribution in [0.25, 0.3) is 17.1 Å². The summed E-state index contributed by atoms with van der Waals surface area (Å²) >= 11 is 0. The zero-order valence-electron chi connectivity index (χ0n) is 15.9. The summed E-state index contributed by atoms with van der Waals surface area (Å²) in [5.41, 5.74) is 7.25. The summed E-state index contributed by atoms with van der Waals surface area (Å²) in [5, 5.41) is 0.916. The number of carbonyl (C=O) groups excluding carboxylic acids is 2. The van der Waals surface area contributed by atoms with Crippen LogP contribution in [0.5, 0.6) is 0 Å². The molecule has 2 amide bonds. The average Bonchev–Trinajstić information content (AvgIpc) is 3.01. The second-order valence-corrected chi connectivity index (χ2v) is 7.52. The molecule has 0 saturated carbocycles. The van der Waals surface area contributed by atoms with Crippen LogP contribution >= 0.6 is 0 Å². The highest BCUT2D eigenvalue weighted by Gasteiger charge is 2.26. The van der Waals surface area contributed by atoms with Crippen molar-refractivity contribution in [1.29, 1.82) is 0 Å². The Balaban J connectivity index is 1.71. The fourth-order valence-corrected chi connectivity index (χ4v) is 2.97. The minimum absolute atomic E-state index is 0.278. The number of nitrogens with zero attached hydrogens (tertiary/aromatic N) is 3. The van der Waals surface area contributed by atoms with E-state index in [1.165, 1.54) is 6.08 Å². The summed E-state index contributed by atoms with van der Waals surface area (Å²) in [6, 6.07) is 2.03. The van der Waals surface area contributed by atoms with Gasteiger partial charge in [0, 0.05) is 49.4 Å². The van der Waals surface area contributed by atoms with Gasteiger partial charge in [-0.1, -0.05) is 0 Å². The lowest BCUT2D eigenvalue weighted by Crippen LogP contribution is -2.50. The number of pyridine rings is 1. The van der Waals surface area contributed by atoms with Gasteiger partial charge in [0.25, 0.3) is 0 Å². The van der Waals surface area contributed by atoms with Gasteiger partial charge >= 0.3 is 6.09 Å². The van der Waals surface area contributed by atoms with Gasteiger partial charge in [0.15, 0.2) is 0 Å². The second-order valence-electron chi connectivity index (χ2n) is 7.52. The van der Waals surface area contributed by atoms with Crippen LogP contribution in [-0.4, -0.2) is 58.6 Å². The van der Waals surface area contributed by atoms with Crippen molar-refractivity contribution in [3.05, 3.63) is 30.1 Å². The molecule has 1 fully saturated rings. The van der Waals surface area contributed by atoms with Crippen LogP contribution in [0.4, 0.5) is 10.5 Å². The van der Waals surface area contributed by atoms with E-state index in [4.69, 9.17) is 10.5 Å². The van der Waals surface area contributed by atoms with Gasteiger partial charge in [0.2, 0.25) is 5.91 Å². The number of hydrogen-bond donors (Lipinski definition) is 2. The Morgan fingerprint density at radius 1 is 1.26 bits per heavy atom. The van der Waals surface area contributed by atoms with Crippen LogP contribution in [-0.2, 0) is 9.53 Å². The first kappa shape index (κ1) is 18.8. The van der Waals surface area contributed by atoms with Gasteiger partial charge in [0.05, 0.1) is 11.9 Å². The molecule has 0 unspecified atom stereocenters. The van der Waals surface area contributed by atoms with E-state index in [0.29, 0.717) is 26.2 Å². The third-order valence-corrected chi connectivity index (χ3v) is 4.27. The van der Waals surface area contributed by atoms with Gasteiger partial charge in [-0.2, -0.15) is 0 Å². The molecule has 0 aliphatic carbocycles. The van der Waals surface area contributed by atoms with Crippen LogP contribution in [0.1, 0.15) is 26.3 Å². The number of amides is 2. The maximum absolute atomic E-state index is 12.2. The molecule has 1 saturated heterocycles. The molecule has 8 nitrogen and oxygen atoms in total. The number of H-pyrrole nitrogens is 1. The van der Waals surface area contributed by atoms with Crippen molar-refractivity contribution in [2.75, 3.05) is 31.1 Å². The van der Waals surface area contributed by atoms with Crippen molar-refractivity contribution in [3.8, 4) is 0 Å². The molecule has 1 aliphatic heterocycles. The van der Waals surface area contributed by atoms with Gasteiger partial charge in [0.1, 0.15) is 11.2 Å². The molecule has 1 aliphatic rings. The number of ether oxygens (including phenoxy) is 1. The quantitative estimate of drug-likeness (QED) is 0.804. The van der Waals surface area contributed by atoms with E-state index in [9.17, 15) is 9.59 Å². The van der Waals surface area contributed by atoms with Crippen molar-refractivity contribution in [2.45, 2.75) is 26.4 Å². The third kappa shape index (κ3) is 4.58. The molecule has 144 valence electrons. The number of piperazine rings is 1. The number of hydrogen-bond acceptors (Lipinski definition) is 5. The normalized spacial score (nSPS) is 15.5. The summed E-state index contributed by atoms with van der Waals surface area (Å²) < 4.78 is 5.43. The van der Waals surface area contributed by atoms with Gasteiger partial charge in [-0.15, -0.1) is 0 Å². The van der Waals surface area contributed by atoms with E-state index < -0.39 is 11.5 Å². The Labute approximate surface area is 158 Å². The summed E-state index contributed by atoms with van der Waals surface area (Å²) in [6.45, 7) is 8.17. The third-order valence-electron chi connectivity index (χ3n) is 4.27. The number of primary amides is 1. The Morgan fingerprint density at radius 2 is 1.96 bits per heavy atom. The summed E-state index contributed by atoms with van der Waals surface area (Å²) in [5.74, 6) is -0.494. The first-order valence-corrected chi connectivity index (χ1v) is 8.90. The van der Waals surface area contributed by atoms with Crippen LogP contribution < -0.4 is 10.6 Å². The van der Waals surface area contributed by atoms with Gasteiger partial charge < -0.3 is 25.3 Å². The van der Waals surface area contributed by atoms with Crippen LogP contribution in [0.3, 0.4) is 0 Å². The summed E-state index contributed by atoms with van der Waals surface area (Å²) in [7, 11) is 0. The van der Waals surface area contributed by atoms with Crippen molar-refractivity contribution < 1.29 is 14.3 Å². The predicted molar refractivity (Wildman–Crippen MR) is 104 cm³/mol. The molecule has 3 heterocycles. The largest absolute Gasteiger partial charge is 0.444 e. The number of rotatable bonds is 3. The van der Waals surface area contributed by atoms with E-state index in [1.807, 2.05) is 33.0 Å². The van der Waals surface area contributed by atoms with Gasteiger partial charge in [-0.05, 0) is 32.9 Å². The number of nitrogens with two attached hydrogens (primary N) is 1. The second kappa shape index (κ2) is 7.30. The first-order chi connectivity index (χ1) is 12.7. The van der Waals surface area contributed by atoms with Crippen molar-refractivity contribution >= 4 is 34.8 Å². The highest BCUT2D eigenvalue weighted by Crippen LogP contribution is 2.24. The van der Waals surface area contributed by atoms with Crippen LogP contribution in [0.15, 0.2) is 24.5 Å². The number of aromatic nitrogens is 2. The Hall–Kier alpha value is -3.03. The maximum atomic E-state index is 12.2. The molecule has 0 bridgehead atoms. The first-order valence-electron chi connectivity index (χ1n) is 8.90. The molecule has 2 aromatic heterocycles. The van der Waals surface area contributed by atoms with Gasteiger partial charge in [-0.25, -0.2) is 9.78 Å². The van der Waals surface area contributed by atoms with E-state index in [0.717, 1.165) is 22.3 Å². The molecule has 0 radical (unpaired) electrons. The van der Waals surface area contributed by atoms with Crippen molar-refractivity contribution in [1.82, 2.24) is 14.9 Å². The minimum atomic E-state index is -0.494. The van der Waals surface area contributed by atoms with Gasteiger partial charge in [-0.3, -0.25) is 4.79 Å². The Bertz CT molecular complexity index is 873. The molecule has 0 atom stereocenters. The standard InChI is InChI=1S/C19H25N5O3/c1-19(2,3)27-18(26)24-8-6-23(7-9-24)14-10-15-13(4-5-16(20)25)11-21-17(15)22-12-14/h4-5,10-12H,6-9H2,1-3H3,(H2,20,25)(H,21,22)/b5-4+. The number of aromatic amines is 1. The highest BCUT2D eigenvalue weighted by molar-refractivity contribution is 5.95. The fraction of sp³-hybridized carbons (Fsp3) is 0.421. The highest BCUT2D eigenvalue weighted by atomic mass is 16.6. The Morgan fingerprint density at radius 3 is 2.59 bits per heavy atom. The molecule has 2 aromatic rings. The average molecular weight is 371 g/mol. The SMILES string of the molecule is CC(C)(C)OC(=O)N1CCN(c2cnc3[nH]cc(/C=C/C(N)=O)c3c2)CC1. The van der Waals surface area contributed by atoms with E-state index in [1.54, 1.807) is 17.2 Å². The smallest absolute Gasteiger partial charge is 0.410 e. The van der Waals surface area contributed by atoms with Crippen LogP contribution in [0.2, 0.25) is 0 Å². The number of carbonyl (C=O) groups is 2.